The van der Waals surface area contributed by atoms with Gasteiger partial charge in [-0.3, -0.25) is 9.59 Å². The lowest BCUT2D eigenvalue weighted by Crippen LogP contribution is -2.25. The molecule has 196 valence electrons. The molecular formula is C25H30N6O5S. The molecule has 11 nitrogen and oxygen atoms in total. The summed E-state index contributed by atoms with van der Waals surface area (Å²) in [4.78, 5) is 33.1. The van der Waals surface area contributed by atoms with E-state index in [2.05, 4.69) is 25.9 Å². The summed E-state index contributed by atoms with van der Waals surface area (Å²) >= 11 is 0. The lowest BCUT2D eigenvalue weighted by molar-refractivity contribution is 0.0948. The van der Waals surface area contributed by atoms with Gasteiger partial charge >= 0.3 is 10.1 Å². The summed E-state index contributed by atoms with van der Waals surface area (Å²) in [6.07, 6.45) is 2.19. The molecule has 1 heterocycles. The van der Waals surface area contributed by atoms with Gasteiger partial charge in [-0.25, -0.2) is 4.98 Å². The Kier molecular flexibility index (Phi) is 8.66. The lowest BCUT2D eigenvalue weighted by atomic mass is 10.1. The minimum atomic E-state index is -3.93. The zero-order valence-electron chi connectivity index (χ0n) is 21.0. The molecule has 3 aromatic rings. The van der Waals surface area contributed by atoms with Crippen LogP contribution in [0.5, 0.6) is 5.75 Å². The SMILES string of the molecule is CC(C)C(C)Nc1nc(Nc2ccc(C(=O)NCc3ccccc3)c(OS(C)(=O)=O)c2)ncc1C(N)=O. The Morgan fingerprint density at radius 3 is 2.38 bits per heavy atom. The quantitative estimate of drug-likeness (QED) is 0.275. The van der Waals surface area contributed by atoms with E-state index in [0.29, 0.717) is 5.69 Å². The Labute approximate surface area is 216 Å². The number of carbonyl (C=O) groups is 2. The van der Waals surface area contributed by atoms with Crippen LogP contribution in [0.3, 0.4) is 0 Å². The number of carbonyl (C=O) groups excluding carboxylic acids is 2. The van der Waals surface area contributed by atoms with Crippen LogP contribution in [0.1, 0.15) is 47.1 Å². The van der Waals surface area contributed by atoms with Crippen LogP contribution in [0.25, 0.3) is 0 Å². The van der Waals surface area contributed by atoms with E-state index in [4.69, 9.17) is 9.92 Å². The van der Waals surface area contributed by atoms with Gasteiger partial charge in [0.2, 0.25) is 5.95 Å². The number of amides is 2. The van der Waals surface area contributed by atoms with Crippen LogP contribution in [0, 0.1) is 5.92 Å². The Balaban J connectivity index is 1.88. The molecule has 2 amide bonds. The van der Waals surface area contributed by atoms with Gasteiger partial charge in [-0.15, -0.1) is 0 Å². The Morgan fingerprint density at radius 2 is 1.76 bits per heavy atom. The Bertz CT molecular complexity index is 1380. The molecule has 0 aliphatic heterocycles. The van der Waals surface area contributed by atoms with Crippen LogP contribution >= 0.6 is 0 Å². The Hall–Kier alpha value is -4.19. The highest BCUT2D eigenvalue weighted by molar-refractivity contribution is 7.86. The van der Waals surface area contributed by atoms with Crippen LogP contribution < -0.4 is 25.9 Å². The third kappa shape index (κ3) is 7.90. The maximum absolute atomic E-state index is 12.8. The van der Waals surface area contributed by atoms with Gasteiger partial charge in [-0.2, -0.15) is 13.4 Å². The first-order valence-electron chi connectivity index (χ1n) is 11.5. The lowest BCUT2D eigenvalue weighted by Gasteiger charge is -2.20. The molecule has 0 aliphatic carbocycles. The summed E-state index contributed by atoms with van der Waals surface area (Å²) in [6, 6.07) is 13.6. The van der Waals surface area contributed by atoms with Gasteiger partial charge in [-0.05, 0) is 30.5 Å². The summed E-state index contributed by atoms with van der Waals surface area (Å²) in [6.45, 7) is 6.23. The molecule has 3 rings (SSSR count). The summed E-state index contributed by atoms with van der Waals surface area (Å²) in [5.41, 5.74) is 6.86. The first-order valence-corrected chi connectivity index (χ1v) is 13.3. The molecular weight excluding hydrogens is 496 g/mol. The van der Waals surface area contributed by atoms with Crippen LogP contribution in [0.15, 0.2) is 54.7 Å². The van der Waals surface area contributed by atoms with Crippen molar-refractivity contribution in [2.24, 2.45) is 11.7 Å². The van der Waals surface area contributed by atoms with E-state index in [0.717, 1.165) is 11.8 Å². The predicted octanol–water partition coefficient (Wildman–Crippen LogP) is 3.04. The monoisotopic (exact) mass is 526 g/mol. The normalized spacial score (nSPS) is 12.0. The van der Waals surface area contributed by atoms with Crippen molar-refractivity contribution in [3.05, 3.63) is 71.4 Å². The number of rotatable bonds is 11. The van der Waals surface area contributed by atoms with E-state index < -0.39 is 21.9 Å². The average Bonchev–Trinajstić information content (AvgIpc) is 2.82. The molecule has 0 saturated heterocycles. The van der Waals surface area contributed by atoms with E-state index in [1.165, 1.54) is 18.3 Å². The van der Waals surface area contributed by atoms with Gasteiger partial charge in [0, 0.05) is 30.5 Å². The highest BCUT2D eigenvalue weighted by atomic mass is 32.2. The summed E-state index contributed by atoms with van der Waals surface area (Å²) in [7, 11) is -3.93. The van der Waals surface area contributed by atoms with Crippen molar-refractivity contribution in [1.82, 2.24) is 15.3 Å². The minimum Gasteiger partial charge on any atom is -0.382 e. The van der Waals surface area contributed by atoms with Crippen molar-refractivity contribution in [1.29, 1.82) is 0 Å². The van der Waals surface area contributed by atoms with Crippen molar-refractivity contribution >= 4 is 39.4 Å². The zero-order chi connectivity index (χ0) is 27.2. The van der Waals surface area contributed by atoms with E-state index in [1.54, 1.807) is 6.07 Å². The van der Waals surface area contributed by atoms with E-state index >= 15 is 0 Å². The fourth-order valence-electron chi connectivity index (χ4n) is 3.14. The highest BCUT2D eigenvalue weighted by Gasteiger charge is 2.19. The first-order chi connectivity index (χ1) is 17.4. The van der Waals surface area contributed by atoms with E-state index in [-0.39, 0.29) is 47.1 Å². The smallest absolute Gasteiger partial charge is 0.306 e. The topological polar surface area (TPSA) is 165 Å². The molecule has 5 N–H and O–H groups in total. The first kappa shape index (κ1) is 27.4. The maximum Gasteiger partial charge on any atom is 0.306 e. The van der Waals surface area contributed by atoms with Gasteiger partial charge in [0.1, 0.15) is 5.82 Å². The van der Waals surface area contributed by atoms with Crippen molar-refractivity contribution in [3.63, 3.8) is 0 Å². The van der Waals surface area contributed by atoms with Gasteiger partial charge in [-0.1, -0.05) is 44.2 Å². The van der Waals surface area contributed by atoms with E-state index in [1.807, 2.05) is 51.1 Å². The van der Waals surface area contributed by atoms with Crippen LogP contribution in [-0.2, 0) is 16.7 Å². The zero-order valence-corrected chi connectivity index (χ0v) is 21.8. The number of hydrogen-bond donors (Lipinski definition) is 4. The standard InChI is InChI=1S/C25H30N6O5S/c1-15(2)16(3)29-23-20(22(26)32)14-28-25(31-23)30-18-10-11-19(21(12-18)36-37(4,34)35)24(33)27-13-17-8-6-5-7-9-17/h5-12,14-16H,13H2,1-4H3,(H2,26,32)(H,27,33)(H2,28,29,30,31). The highest BCUT2D eigenvalue weighted by Crippen LogP contribution is 2.27. The van der Waals surface area contributed by atoms with Crippen molar-refractivity contribution in [3.8, 4) is 5.75 Å². The molecule has 0 fully saturated rings. The van der Waals surface area contributed by atoms with Crippen LogP contribution in [0.2, 0.25) is 0 Å². The number of nitrogens with two attached hydrogens (primary N) is 1. The second-order valence-corrected chi connectivity index (χ2v) is 10.4. The number of anilines is 3. The summed E-state index contributed by atoms with van der Waals surface area (Å²) < 4.78 is 28.8. The van der Waals surface area contributed by atoms with Gasteiger partial charge in [0.05, 0.1) is 17.4 Å². The molecule has 0 spiro atoms. The van der Waals surface area contributed by atoms with Crippen LogP contribution in [-0.4, -0.2) is 42.5 Å². The average molecular weight is 527 g/mol. The van der Waals surface area contributed by atoms with Gasteiger partial charge < -0.3 is 25.9 Å². The third-order valence-corrected chi connectivity index (χ3v) is 5.92. The van der Waals surface area contributed by atoms with Crippen molar-refractivity contribution in [2.45, 2.75) is 33.4 Å². The summed E-state index contributed by atoms with van der Waals surface area (Å²) in [5.74, 6) is -0.724. The molecule has 0 saturated carbocycles. The number of primary amides is 1. The molecule has 0 aliphatic rings. The molecule has 1 atom stereocenters. The fraction of sp³-hybridized carbons (Fsp3) is 0.280. The number of benzene rings is 2. The van der Waals surface area contributed by atoms with Gasteiger partial charge in [0.25, 0.3) is 11.8 Å². The van der Waals surface area contributed by atoms with Crippen molar-refractivity contribution < 1.29 is 22.2 Å². The molecule has 1 unspecified atom stereocenters. The minimum absolute atomic E-state index is 0.00991. The number of nitrogens with zero attached hydrogens (tertiary/aromatic N) is 2. The number of nitrogens with one attached hydrogen (secondary N) is 3. The summed E-state index contributed by atoms with van der Waals surface area (Å²) in [5, 5.41) is 8.86. The predicted molar refractivity (Wildman–Crippen MR) is 141 cm³/mol. The molecule has 2 aromatic carbocycles. The number of hydrogen-bond acceptors (Lipinski definition) is 9. The van der Waals surface area contributed by atoms with E-state index in [9.17, 15) is 18.0 Å². The molecule has 37 heavy (non-hydrogen) atoms. The second kappa shape index (κ2) is 11.7. The maximum atomic E-state index is 12.8. The van der Waals surface area contributed by atoms with Crippen molar-refractivity contribution in [2.75, 3.05) is 16.9 Å². The number of aromatic nitrogens is 2. The second-order valence-electron chi connectivity index (χ2n) is 8.79. The molecule has 12 heteroatoms. The molecule has 1 aromatic heterocycles. The van der Waals surface area contributed by atoms with Crippen LogP contribution in [0.4, 0.5) is 17.5 Å². The fourth-order valence-corrected chi connectivity index (χ4v) is 3.60. The molecule has 0 bridgehead atoms. The molecule has 0 radical (unpaired) electrons. The Morgan fingerprint density at radius 1 is 1.05 bits per heavy atom. The van der Waals surface area contributed by atoms with Gasteiger partial charge in [0.15, 0.2) is 5.75 Å². The third-order valence-electron chi connectivity index (χ3n) is 5.44. The largest absolute Gasteiger partial charge is 0.382 e.